The first-order valence-electron chi connectivity index (χ1n) is 13.5. The van der Waals surface area contributed by atoms with Gasteiger partial charge in [-0.1, -0.05) is 24.3 Å². The first-order valence-corrected chi connectivity index (χ1v) is 15.0. The van der Waals surface area contributed by atoms with Crippen molar-refractivity contribution in [1.29, 1.82) is 0 Å². The minimum Gasteiger partial charge on any atom is -0.445 e. The van der Waals surface area contributed by atoms with Gasteiger partial charge >= 0.3 is 6.09 Å². The molecule has 0 saturated heterocycles. The molecule has 7 nitrogen and oxygen atoms in total. The van der Waals surface area contributed by atoms with Crippen LogP contribution in [0.3, 0.4) is 0 Å². The Kier molecular flexibility index (Phi) is 5.41. The van der Waals surface area contributed by atoms with Gasteiger partial charge in [-0.25, -0.2) is 18.4 Å². The lowest BCUT2D eigenvalue weighted by molar-refractivity contribution is -0.0933. The molecule has 4 N–H and O–H groups in total. The van der Waals surface area contributed by atoms with Crippen LogP contribution in [-0.2, 0) is 14.8 Å². The third-order valence-electron chi connectivity index (χ3n) is 9.56. The molecule has 1 heterocycles. The van der Waals surface area contributed by atoms with Crippen LogP contribution in [0.1, 0.15) is 61.6 Å². The highest BCUT2D eigenvalue weighted by Crippen LogP contribution is 2.55. The van der Waals surface area contributed by atoms with Crippen molar-refractivity contribution >= 4 is 27.5 Å². The van der Waals surface area contributed by atoms with Crippen molar-refractivity contribution in [3.8, 4) is 0 Å². The topological polar surface area (TPSA) is 111 Å². The van der Waals surface area contributed by atoms with Crippen LogP contribution in [0.5, 0.6) is 0 Å². The number of anilines is 2. The lowest BCUT2D eigenvalue weighted by Crippen LogP contribution is -2.50. The second kappa shape index (κ2) is 8.60. The average Bonchev–Trinajstić information content (AvgIpc) is 3.35. The molecule has 4 fully saturated rings. The summed E-state index contributed by atoms with van der Waals surface area (Å²) in [5.41, 5.74) is 3.74. The van der Waals surface area contributed by atoms with E-state index in [1.165, 1.54) is 32.1 Å². The van der Waals surface area contributed by atoms with Crippen LogP contribution in [0.4, 0.5) is 16.2 Å². The third-order valence-corrected chi connectivity index (χ3v) is 10.5. The van der Waals surface area contributed by atoms with Crippen LogP contribution in [0.2, 0.25) is 0 Å². The highest BCUT2D eigenvalue weighted by Gasteiger charge is 2.50. The normalized spacial score (nSPS) is 34.9. The Morgan fingerprint density at radius 2 is 1.68 bits per heavy atom. The average molecular weight is 520 g/mol. The number of carbonyl (C=O) groups excluding carboxylic acids is 1. The number of nitrogens with one attached hydrogen (secondary N) is 2. The van der Waals surface area contributed by atoms with E-state index in [9.17, 15) is 13.2 Å². The van der Waals surface area contributed by atoms with Crippen molar-refractivity contribution < 1.29 is 17.9 Å². The van der Waals surface area contributed by atoms with Crippen molar-refractivity contribution in [2.24, 2.45) is 34.7 Å². The molecule has 1 amide bonds. The minimum absolute atomic E-state index is 0.0696. The number of ether oxygens (including phenoxy) is 1. The van der Waals surface area contributed by atoms with Crippen molar-refractivity contribution in [2.45, 2.75) is 61.5 Å². The Balaban J connectivity index is 1.05. The summed E-state index contributed by atoms with van der Waals surface area (Å²) in [6.45, 7) is 0. The van der Waals surface area contributed by atoms with Gasteiger partial charge in [0.2, 0.25) is 10.0 Å². The molecule has 4 bridgehead atoms. The molecule has 6 aliphatic rings. The number of nitrogens with two attached hydrogens (primary N) is 1. The van der Waals surface area contributed by atoms with Crippen LogP contribution in [0, 0.1) is 29.6 Å². The molecule has 2 aromatic rings. The highest BCUT2D eigenvalue weighted by atomic mass is 32.2. The number of primary sulfonamides is 1. The number of hydrogen-bond acceptors (Lipinski definition) is 5. The van der Waals surface area contributed by atoms with Crippen LogP contribution >= 0.6 is 0 Å². The number of benzene rings is 2. The summed E-state index contributed by atoms with van der Waals surface area (Å²) in [7, 11) is -3.76. The smallest absolute Gasteiger partial charge is 0.411 e. The Labute approximate surface area is 217 Å². The van der Waals surface area contributed by atoms with E-state index < -0.39 is 10.0 Å². The largest absolute Gasteiger partial charge is 0.445 e. The van der Waals surface area contributed by atoms with Crippen molar-refractivity contribution in [2.75, 3.05) is 10.6 Å². The van der Waals surface area contributed by atoms with E-state index in [1.54, 1.807) is 18.2 Å². The van der Waals surface area contributed by atoms with Gasteiger partial charge in [0, 0.05) is 17.3 Å². The molecule has 3 atom stereocenters. The summed E-state index contributed by atoms with van der Waals surface area (Å²) in [6, 6.07) is 13.1. The van der Waals surface area contributed by atoms with E-state index in [0.717, 1.165) is 40.8 Å². The van der Waals surface area contributed by atoms with Gasteiger partial charge in [-0.2, -0.15) is 0 Å². The molecule has 8 rings (SSSR count). The zero-order valence-corrected chi connectivity index (χ0v) is 21.5. The van der Waals surface area contributed by atoms with Crippen molar-refractivity contribution in [3.05, 3.63) is 65.7 Å². The van der Waals surface area contributed by atoms with Gasteiger partial charge in [0.05, 0.1) is 10.9 Å². The molecule has 0 aromatic heterocycles. The number of allylic oxidation sites excluding steroid dienone is 2. The molecule has 37 heavy (non-hydrogen) atoms. The van der Waals surface area contributed by atoms with E-state index in [2.05, 4.69) is 34.9 Å². The molecule has 2 aromatic carbocycles. The SMILES string of the molecule is NS(=O)(=O)c1ccc2c(c1)C1C=CCC1C(c1ccc(NC(=O)OC3C4CC5CC(C4)CC3C5)cc1)N2. The molecule has 194 valence electrons. The second-order valence-corrected chi connectivity index (χ2v) is 13.4. The second-order valence-electron chi connectivity index (χ2n) is 11.8. The number of sulfonamides is 1. The molecule has 4 saturated carbocycles. The molecule has 0 radical (unpaired) electrons. The quantitative estimate of drug-likeness (QED) is 0.460. The fraction of sp³-hybridized carbons (Fsp3) is 0.483. The Morgan fingerprint density at radius 1 is 0.973 bits per heavy atom. The zero-order valence-electron chi connectivity index (χ0n) is 20.7. The van der Waals surface area contributed by atoms with Crippen molar-refractivity contribution in [1.82, 2.24) is 0 Å². The monoisotopic (exact) mass is 519 g/mol. The fourth-order valence-corrected chi connectivity index (χ4v) is 8.74. The number of fused-ring (bicyclic) bond motifs is 3. The molecule has 8 heteroatoms. The van der Waals surface area contributed by atoms with Crippen LogP contribution in [0.25, 0.3) is 0 Å². The van der Waals surface area contributed by atoms with Gasteiger partial charge in [-0.3, -0.25) is 5.32 Å². The Bertz CT molecular complexity index is 1340. The third kappa shape index (κ3) is 4.14. The zero-order chi connectivity index (χ0) is 25.3. The predicted octanol–water partition coefficient (Wildman–Crippen LogP) is 5.53. The predicted molar refractivity (Wildman–Crippen MR) is 142 cm³/mol. The van der Waals surface area contributed by atoms with Gasteiger partial charge in [-0.05, 0) is 110 Å². The first kappa shape index (κ1) is 23.3. The summed E-state index contributed by atoms with van der Waals surface area (Å²) < 4.78 is 29.7. The molecule has 5 aliphatic carbocycles. The number of hydrogen-bond donors (Lipinski definition) is 3. The Morgan fingerprint density at radius 3 is 2.35 bits per heavy atom. The standard InChI is InChI=1S/C29H33N3O4S/c30-37(34,35)22-8-9-26-25(15-22)23-2-1-3-24(23)27(32-26)18-4-6-21(7-5-18)31-29(33)36-28-19-11-16-10-17(13-19)14-20(28)12-16/h1-2,4-9,15-17,19-20,23-24,27-28,32H,3,10-14H2,(H,31,33)(H2,30,34,35). The molecule has 3 unspecified atom stereocenters. The molecular weight excluding hydrogens is 486 g/mol. The van der Waals surface area contributed by atoms with Gasteiger partial charge in [0.1, 0.15) is 6.10 Å². The van der Waals surface area contributed by atoms with Gasteiger partial charge < -0.3 is 10.1 Å². The molecular formula is C29H33N3O4S. The van der Waals surface area contributed by atoms with Gasteiger partial charge in [-0.15, -0.1) is 0 Å². The summed E-state index contributed by atoms with van der Waals surface area (Å²) in [5, 5.41) is 11.9. The summed E-state index contributed by atoms with van der Waals surface area (Å²) in [6.07, 6.45) is 11.2. The van der Waals surface area contributed by atoms with Gasteiger partial charge in [0.15, 0.2) is 0 Å². The first-order chi connectivity index (χ1) is 17.8. The summed E-state index contributed by atoms with van der Waals surface area (Å²) in [4.78, 5) is 12.9. The number of amides is 1. The number of rotatable bonds is 4. The van der Waals surface area contributed by atoms with Crippen LogP contribution in [-0.4, -0.2) is 20.6 Å². The maximum absolute atomic E-state index is 12.8. The highest BCUT2D eigenvalue weighted by molar-refractivity contribution is 7.89. The van der Waals surface area contributed by atoms with Crippen LogP contribution < -0.4 is 15.8 Å². The lowest BCUT2D eigenvalue weighted by atomic mass is 9.55. The number of carbonyl (C=O) groups is 1. The van der Waals surface area contributed by atoms with E-state index >= 15 is 0 Å². The maximum atomic E-state index is 12.8. The van der Waals surface area contributed by atoms with E-state index in [0.29, 0.717) is 11.8 Å². The summed E-state index contributed by atoms with van der Waals surface area (Å²) in [5.74, 6) is 3.17. The summed E-state index contributed by atoms with van der Waals surface area (Å²) >= 11 is 0. The van der Waals surface area contributed by atoms with E-state index in [-0.39, 0.29) is 35.0 Å². The van der Waals surface area contributed by atoms with Crippen LogP contribution in [0.15, 0.2) is 59.5 Å². The molecule has 1 aliphatic heterocycles. The minimum atomic E-state index is -3.76. The lowest BCUT2D eigenvalue weighted by Gasteiger charge is -2.53. The Hall–Kier alpha value is -2.84. The molecule has 0 spiro atoms. The van der Waals surface area contributed by atoms with E-state index in [4.69, 9.17) is 9.88 Å². The maximum Gasteiger partial charge on any atom is 0.411 e. The van der Waals surface area contributed by atoms with Gasteiger partial charge in [0.25, 0.3) is 0 Å². The van der Waals surface area contributed by atoms with Crippen molar-refractivity contribution in [3.63, 3.8) is 0 Å². The fourth-order valence-electron chi connectivity index (χ4n) is 8.19. The van der Waals surface area contributed by atoms with E-state index in [1.807, 2.05) is 12.1 Å².